The van der Waals surface area contributed by atoms with Crippen molar-refractivity contribution in [2.75, 3.05) is 13.1 Å². The molecule has 0 amide bonds. The number of hydrogen-bond donors (Lipinski definition) is 1. The molecule has 120 valence electrons. The average Bonchev–Trinajstić information content (AvgIpc) is 2.37. The first-order valence-corrected chi connectivity index (χ1v) is 8.85. The lowest BCUT2D eigenvalue weighted by atomic mass is 10.1. The van der Waals surface area contributed by atoms with E-state index in [1.165, 1.54) is 4.31 Å². The Bertz CT molecular complexity index is 575. The first-order chi connectivity index (χ1) is 9.33. The number of benzene rings is 1. The fourth-order valence-electron chi connectivity index (χ4n) is 2.35. The van der Waals surface area contributed by atoms with Crippen molar-refractivity contribution in [2.45, 2.75) is 31.7 Å². The predicted molar refractivity (Wildman–Crippen MR) is 90.0 cm³/mol. The fourth-order valence-corrected chi connectivity index (χ4v) is 4.94. The monoisotopic (exact) mass is 372 g/mol. The Morgan fingerprint density at radius 2 is 1.86 bits per heavy atom. The van der Waals surface area contributed by atoms with Crippen LogP contribution in [0, 0.1) is 0 Å². The third-order valence-corrected chi connectivity index (χ3v) is 6.31. The molecule has 0 saturated carbocycles. The highest BCUT2D eigenvalue weighted by molar-refractivity contribution is 7.88. The molecule has 0 aliphatic carbocycles. The number of piperazine rings is 1. The van der Waals surface area contributed by atoms with E-state index in [9.17, 15) is 8.42 Å². The summed E-state index contributed by atoms with van der Waals surface area (Å²) in [7, 11) is -3.44. The second kappa shape index (κ2) is 7.49. The molecule has 1 aromatic rings. The third-order valence-electron chi connectivity index (χ3n) is 3.72. The normalized spacial score (nSPS) is 23.6. The van der Waals surface area contributed by atoms with Crippen molar-refractivity contribution in [3.63, 3.8) is 0 Å². The van der Waals surface area contributed by atoms with E-state index in [1.807, 2.05) is 13.8 Å². The van der Waals surface area contributed by atoms with Gasteiger partial charge < -0.3 is 5.32 Å². The van der Waals surface area contributed by atoms with Crippen LogP contribution in [0.1, 0.15) is 19.4 Å². The van der Waals surface area contributed by atoms with Crippen molar-refractivity contribution in [3.8, 4) is 0 Å². The van der Waals surface area contributed by atoms with E-state index in [1.54, 1.807) is 18.2 Å². The molecule has 1 aliphatic heterocycles. The molecule has 21 heavy (non-hydrogen) atoms. The van der Waals surface area contributed by atoms with Crippen molar-refractivity contribution < 1.29 is 8.42 Å². The molecule has 1 aromatic carbocycles. The largest absolute Gasteiger partial charge is 0.311 e. The van der Waals surface area contributed by atoms with Gasteiger partial charge in [0.15, 0.2) is 0 Å². The molecule has 2 atom stereocenters. The molecule has 0 bridgehead atoms. The fraction of sp³-hybridized carbons (Fsp3) is 0.538. The summed E-state index contributed by atoms with van der Waals surface area (Å²) in [5, 5.41) is 4.03. The van der Waals surface area contributed by atoms with Crippen LogP contribution in [-0.2, 0) is 15.8 Å². The highest BCUT2D eigenvalue weighted by Gasteiger charge is 2.33. The molecule has 2 unspecified atom stereocenters. The Kier molecular flexibility index (Phi) is 6.78. The van der Waals surface area contributed by atoms with Gasteiger partial charge in [0, 0.05) is 40.8 Å². The van der Waals surface area contributed by atoms with Gasteiger partial charge in [0.25, 0.3) is 0 Å². The number of nitrogens with one attached hydrogen (secondary N) is 1. The minimum atomic E-state index is -3.44. The van der Waals surface area contributed by atoms with Crippen LogP contribution in [0.3, 0.4) is 0 Å². The van der Waals surface area contributed by atoms with Crippen molar-refractivity contribution in [2.24, 2.45) is 0 Å². The molecule has 8 heteroatoms. The number of nitrogens with zero attached hydrogens (tertiary/aromatic N) is 1. The molecular weight excluding hydrogens is 355 g/mol. The smallest absolute Gasteiger partial charge is 0.218 e. The molecule has 1 N–H and O–H groups in total. The molecule has 1 saturated heterocycles. The van der Waals surface area contributed by atoms with Gasteiger partial charge >= 0.3 is 0 Å². The van der Waals surface area contributed by atoms with Crippen molar-refractivity contribution in [3.05, 3.63) is 33.8 Å². The lowest BCUT2D eigenvalue weighted by Gasteiger charge is -2.37. The Morgan fingerprint density at radius 3 is 2.43 bits per heavy atom. The van der Waals surface area contributed by atoms with Gasteiger partial charge in [-0.1, -0.05) is 29.3 Å². The summed E-state index contributed by atoms with van der Waals surface area (Å²) >= 11 is 12.1. The zero-order chi connectivity index (χ0) is 14.9. The Labute approximate surface area is 142 Å². The maximum atomic E-state index is 12.6. The van der Waals surface area contributed by atoms with Crippen LogP contribution in [0.4, 0.5) is 0 Å². The Hall–Kier alpha value is -0.0400. The summed E-state index contributed by atoms with van der Waals surface area (Å²) in [5.41, 5.74) is 0.467. The third kappa shape index (κ3) is 4.24. The van der Waals surface area contributed by atoms with Crippen LogP contribution in [0.2, 0.25) is 10.0 Å². The summed E-state index contributed by atoms with van der Waals surface area (Å²) in [4.78, 5) is 0. The SMILES string of the molecule is CC1NCCN(S(=O)(=O)Cc2c(Cl)cccc2Cl)C1C.Cl. The zero-order valence-corrected chi connectivity index (χ0v) is 15.0. The van der Waals surface area contributed by atoms with Crippen LogP contribution in [0.25, 0.3) is 0 Å². The summed E-state index contributed by atoms with van der Waals surface area (Å²) in [5.74, 6) is -0.164. The van der Waals surface area contributed by atoms with E-state index < -0.39 is 10.0 Å². The molecule has 1 heterocycles. The predicted octanol–water partition coefficient (Wildman–Crippen LogP) is 2.93. The first-order valence-electron chi connectivity index (χ1n) is 6.48. The summed E-state index contributed by atoms with van der Waals surface area (Å²) < 4.78 is 26.7. The van der Waals surface area contributed by atoms with E-state index in [0.29, 0.717) is 28.7 Å². The van der Waals surface area contributed by atoms with Crippen LogP contribution < -0.4 is 5.32 Å². The minimum absolute atomic E-state index is 0. The number of hydrogen-bond acceptors (Lipinski definition) is 3. The van der Waals surface area contributed by atoms with Crippen LogP contribution in [-0.4, -0.2) is 37.9 Å². The van der Waals surface area contributed by atoms with Gasteiger partial charge in [-0.25, -0.2) is 8.42 Å². The second-order valence-corrected chi connectivity index (χ2v) is 7.79. The van der Waals surface area contributed by atoms with Gasteiger partial charge in [-0.3, -0.25) is 0 Å². The zero-order valence-electron chi connectivity index (χ0n) is 11.8. The Balaban J connectivity index is 0.00000220. The topological polar surface area (TPSA) is 49.4 Å². The minimum Gasteiger partial charge on any atom is -0.311 e. The molecule has 4 nitrogen and oxygen atoms in total. The number of halogens is 3. The quantitative estimate of drug-likeness (QED) is 0.886. The molecule has 1 aliphatic rings. The molecule has 1 fully saturated rings. The highest BCUT2D eigenvalue weighted by Crippen LogP contribution is 2.28. The standard InChI is InChI=1S/C13H18Cl2N2O2S.ClH/c1-9-10(2)17(7-6-16-9)20(18,19)8-11-12(14)4-3-5-13(11)15;/h3-5,9-10,16H,6-8H2,1-2H3;1H. The van der Waals surface area contributed by atoms with Gasteiger partial charge in [-0.05, 0) is 26.0 Å². The summed E-state index contributed by atoms with van der Waals surface area (Å²) in [6.07, 6.45) is 0. The van der Waals surface area contributed by atoms with Crippen molar-refractivity contribution in [1.29, 1.82) is 0 Å². The van der Waals surface area contributed by atoms with E-state index in [4.69, 9.17) is 23.2 Å². The summed E-state index contributed by atoms with van der Waals surface area (Å²) in [6, 6.07) is 5.05. The van der Waals surface area contributed by atoms with E-state index in [0.717, 1.165) is 0 Å². The average molecular weight is 374 g/mol. The lowest BCUT2D eigenvalue weighted by molar-refractivity contribution is 0.232. The lowest BCUT2D eigenvalue weighted by Crippen LogP contribution is -2.57. The molecule has 2 rings (SSSR count). The molecular formula is C13H19Cl3N2O2S. The van der Waals surface area contributed by atoms with E-state index >= 15 is 0 Å². The van der Waals surface area contributed by atoms with E-state index in [-0.39, 0.29) is 30.2 Å². The molecule has 0 spiro atoms. The Morgan fingerprint density at radius 1 is 1.29 bits per heavy atom. The van der Waals surface area contributed by atoms with E-state index in [2.05, 4.69) is 5.32 Å². The first kappa shape index (κ1) is 19.0. The van der Waals surface area contributed by atoms with Gasteiger partial charge in [0.1, 0.15) is 0 Å². The summed E-state index contributed by atoms with van der Waals surface area (Å²) in [6.45, 7) is 5.01. The van der Waals surface area contributed by atoms with Gasteiger partial charge in [0.05, 0.1) is 5.75 Å². The molecule has 0 radical (unpaired) electrons. The van der Waals surface area contributed by atoms with Gasteiger partial charge in [-0.15, -0.1) is 12.4 Å². The van der Waals surface area contributed by atoms with Crippen LogP contribution in [0.5, 0.6) is 0 Å². The van der Waals surface area contributed by atoms with Gasteiger partial charge in [0.2, 0.25) is 10.0 Å². The van der Waals surface area contributed by atoms with Gasteiger partial charge in [-0.2, -0.15) is 4.31 Å². The molecule has 0 aromatic heterocycles. The maximum absolute atomic E-state index is 12.6. The van der Waals surface area contributed by atoms with Crippen molar-refractivity contribution >= 4 is 45.6 Å². The van der Waals surface area contributed by atoms with Crippen LogP contribution >= 0.6 is 35.6 Å². The number of sulfonamides is 1. The maximum Gasteiger partial charge on any atom is 0.218 e. The van der Waals surface area contributed by atoms with Crippen molar-refractivity contribution in [1.82, 2.24) is 9.62 Å². The van der Waals surface area contributed by atoms with Crippen LogP contribution in [0.15, 0.2) is 18.2 Å². The highest BCUT2D eigenvalue weighted by atomic mass is 35.5. The second-order valence-electron chi connectivity index (χ2n) is 5.05. The number of rotatable bonds is 3.